The highest BCUT2D eigenvalue weighted by atomic mass is 79.9. The van der Waals surface area contributed by atoms with Crippen molar-refractivity contribution in [2.75, 3.05) is 4.72 Å². The highest BCUT2D eigenvalue weighted by Gasteiger charge is 2.19. The summed E-state index contributed by atoms with van der Waals surface area (Å²) in [4.78, 5) is 14.6. The lowest BCUT2D eigenvalue weighted by molar-refractivity contribution is -0.136. The van der Waals surface area contributed by atoms with Crippen molar-refractivity contribution in [1.29, 1.82) is 0 Å². The fourth-order valence-electron chi connectivity index (χ4n) is 1.45. The molecular weight excluding hydrogens is 448 g/mol. The molecule has 1 aromatic heterocycles. The number of hydrogen-bond acceptors (Lipinski definition) is 5. The van der Waals surface area contributed by atoms with Gasteiger partial charge in [0, 0.05) is 14.3 Å². The number of nitrogens with zero attached hydrogens (tertiary/aromatic N) is 1. The van der Waals surface area contributed by atoms with Crippen LogP contribution >= 0.6 is 43.2 Å². The SMILES string of the molecule is O=C(O)Cc1csc(NS(=O)(=O)c2ccc(Br)cc2Br)n1. The van der Waals surface area contributed by atoms with E-state index in [1.807, 2.05) is 0 Å². The standard InChI is InChI=1S/C11H8Br2N2O4S2/c12-6-1-2-9(8(13)3-6)21(18,19)15-11-14-7(5-20-11)4-10(16)17/h1-3,5H,4H2,(H,14,15)(H,16,17). The molecule has 0 atom stereocenters. The Balaban J connectivity index is 2.25. The van der Waals surface area contributed by atoms with Crippen LogP contribution in [-0.4, -0.2) is 24.5 Å². The van der Waals surface area contributed by atoms with Crippen LogP contribution in [0.5, 0.6) is 0 Å². The van der Waals surface area contributed by atoms with Crippen LogP contribution in [0.4, 0.5) is 5.13 Å². The Bertz CT molecular complexity index is 789. The first-order chi connectivity index (χ1) is 9.78. The summed E-state index contributed by atoms with van der Waals surface area (Å²) in [6, 6.07) is 4.67. The minimum Gasteiger partial charge on any atom is -0.481 e. The quantitative estimate of drug-likeness (QED) is 0.721. The molecule has 0 saturated carbocycles. The number of benzene rings is 1. The summed E-state index contributed by atoms with van der Waals surface area (Å²) in [5, 5.41) is 10.3. The van der Waals surface area contributed by atoms with Gasteiger partial charge >= 0.3 is 5.97 Å². The van der Waals surface area contributed by atoms with Crippen LogP contribution in [0.2, 0.25) is 0 Å². The van der Waals surface area contributed by atoms with Crippen LogP contribution < -0.4 is 4.72 Å². The molecule has 0 aliphatic carbocycles. The van der Waals surface area contributed by atoms with Crippen LogP contribution in [0, 0.1) is 0 Å². The molecule has 21 heavy (non-hydrogen) atoms. The van der Waals surface area contributed by atoms with Gasteiger partial charge in [0.2, 0.25) is 0 Å². The van der Waals surface area contributed by atoms with Crippen molar-refractivity contribution < 1.29 is 18.3 Å². The summed E-state index contributed by atoms with van der Waals surface area (Å²) >= 11 is 7.47. The number of sulfonamides is 1. The van der Waals surface area contributed by atoms with Crippen LogP contribution in [0.25, 0.3) is 0 Å². The maximum Gasteiger partial charge on any atom is 0.309 e. The first-order valence-corrected chi connectivity index (χ1v) is 9.37. The minimum atomic E-state index is -3.79. The largest absolute Gasteiger partial charge is 0.481 e. The zero-order valence-electron chi connectivity index (χ0n) is 10.2. The molecule has 0 unspecified atom stereocenters. The van der Waals surface area contributed by atoms with E-state index in [0.717, 1.165) is 15.8 Å². The monoisotopic (exact) mass is 454 g/mol. The van der Waals surface area contributed by atoms with Crippen molar-refractivity contribution in [2.45, 2.75) is 11.3 Å². The van der Waals surface area contributed by atoms with Crippen molar-refractivity contribution in [3.63, 3.8) is 0 Å². The van der Waals surface area contributed by atoms with E-state index in [2.05, 4.69) is 41.6 Å². The van der Waals surface area contributed by atoms with Gasteiger partial charge in [0.05, 0.1) is 12.1 Å². The lowest BCUT2D eigenvalue weighted by Crippen LogP contribution is -2.13. The van der Waals surface area contributed by atoms with Crippen molar-refractivity contribution in [3.05, 3.63) is 38.2 Å². The summed E-state index contributed by atoms with van der Waals surface area (Å²) in [6.07, 6.45) is -0.250. The number of carboxylic acid groups (broad SMARTS) is 1. The van der Waals surface area contributed by atoms with E-state index in [0.29, 0.717) is 10.2 Å². The second-order valence-electron chi connectivity index (χ2n) is 3.89. The third-order valence-corrected chi connectivity index (χ3v) is 6.03. The van der Waals surface area contributed by atoms with E-state index in [4.69, 9.17) is 5.11 Å². The molecule has 2 aromatic rings. The van der Waals surface area contributed by atoms with Crippen molar-refractivity contribution in [3.8, 4) is 0 Å². The number of halogens is 2. The lowest BCUT2D eigenvalue weighted by atomic mass is 10.3. The van der Waals surface area contributed by atoms with Gasteiger partial charge in [0.1, 0.15) is 4.90 Å². The fraction of sp³-hybridized carbons (Fsp3) is 0.0909. The van der Waals surface area contributed by atoms with Crippen LogP contribution in [0.3, 0.4) is 0 Å². The number of carbonyl (C=O) groups is 1. The summed E-state index contributed by atoms with van der Waals surface area (Å²) in [5.74, 6) is -1.02. The van der Waals surface area contributed by atoms with Crippen LogP contribution in [0.15, 0.2) is 37.4 Å². The number of thiazole rings is 1. The molecular formula is C11H8Br2N2O4S2. The van der Waals surface area contributed by atoms with E-state index in [-0.39, 0.29) is 16.4 Å². The molecule has 10 heteroatoms. The zero-order valence-corrected chi connectivity index (χ0v) is 15.0. The van der Waals surface area contributed by atoms with E-state index in [1.54, 1.807) is 12.1 Å². The third kappa shape index (κ3) is 4.25. The topological polar surface area (TPSA) is 96.4 Å². The summed E-state index contributed by atoms with van der Waals surface area (Å²) in [5.41, 5.74) is 0.306. The lowest BCUT2D eigenvalue weighted by Gasteiger charge is -2.07. The molecule has 0 amide bonds. The van der Waals surface area contributed by atoms with Gasteiger partial charge in [-0.25, -0.2) is 13.4 Å². The molecule has 0 aliphatic rings. The van der Waals surface area contributed by atoms with E-state index in [9.17, 15) is 13.2 Å². The van der Waals surface area contributed by atoms with Crippen molar-refractivity contribution in [2.24, 2.45) is 0 Å². The Morgan fingerprint density at radius 1 is 1.38 bits per heavy atom. The number of aliphatic carboxylic acids is 1. The molecule has 1 heterocycles. The number of hydrogen-bond donors (Lipinski definition) is 2. The normalized spacial score (nSPS) is 11.3. The predicted octanol–water partition coefficient (Wildman–Crippen LogP) is 3.10. The first kappa shape index (κ1) is 16.4. The fourth-order valence-corrected chi connectivity index (χ4v) is 5.16. The smallest absolute Gasteiger partial charge is 0.309 e. The Morgan fingerprint density at radius 3 is 2.71 bits per heavy atom. The van der Waals surface area contributed by atoms with Crippen molar-refractivity contribution >= 4 is 64.3 Å². The number of anilines is 1. The highest BCUT2D eigenvalue weighted by Crippen LogP contribution is 2.28. The number of carboxylic acids is 1. The first-order valence-electron chi connectivity index (χ1n) is 5.42. The minimum absolute atomic E-state index is 0.0701. The van der Waals surface area contributed by atoms with Gasteiger partial charge in [-0.1, -0.05) is 15.9 Å². The van der Waals surface area contributed by atoms with E-state index in [1.165, 1.54) is 11.4 Å². The Hall–Kier alpha value is -0.970. The molecule has 112 valence electrons. The molecule has 2 N–H and O–H groups in total. The molecule has 1 aromatic carbocycles. The molecule has 0 spiro atoms. The molecule has 0 saturated heterocycles. The number of aromatic nitrogens is 1. The number of nitrogens with one attached hydrogen (secondary N) is 1. The Kier molecular flexibility index (Phi) is 5.02. The van der Waals surface area contributed by atoms with E-state index >= 15 is 0 Å². The molecule has 0 aliphatic heterocycles. The van der Waals surface area contributed by atoms with Crippen LogP contribution in [0.1, 0.15) is 5.69 Å². The van der Waals surface area contributed by atoms with Gasteiger partial charge < -0.3 is 5.11 Å². The Labute approximate surface area is 141 Å². The van der Waals surface area contributed by atoms with Gasteiger partial charge in [-0.05, 0) is 34.1 Å². The second kappa shape index (κ2) is 6.42. The Morgan fingerprint density at radius 2 is 2.10 bits per heavy atom. The van der Waals surface area contributed by atoms with Gasteiger partial charge in [0.25, 0.3) is 10.0 Å². The predicted molar refractivity (Wildman–Crippen MR) is 86.1 cm³/mol. The second-order valence-corrected chi connectivity index (χ2v) is 8.17. The van der Waals surface area contributed by atoms with Crippen LogP contribution in [-0.2, 0) is 21.2 Å². The average Bonchev–Trinajstić information content (AvgIpc) is 2.73. The van der Waals surface area contributed by atoms with Gasteiger partial charge in [-0.2, -0.15) is 0 Å². The van der Waals surface area contributed by atoms with Gasteiger partial charge in [0.15, 0.2) is 5.13 Å². The summed E-state index contributed by atoms with van der Waals surface area (Å²) in [6.45, 7) is 0. The number of rotatable bonds is 5. The maximum absolute atomic E-state index is 12.3. The third-order valence-electron chi connectivity index (χ3n) is 2.29. The summed E-state index contributed by atoms with van der Waals surface area (Å²) < 4.78 is 28.0. The molecule has 6 nitrogen and oxygen atoms in total. The highest BCUT2D eigenvalue weighted by molar-refractivity contribution is 9.11. The van der Waals surface area contributed by atoms with Gasteiger partial charge in [-0.3, -0.25) is 9.52 Å². The zero-order chi connectivity index (χ0) is 15.6. The summed E-state index contributed by atoms with van der Waals surface area (Å²) in [7, 11) is -3.79. The maximum atomic E-state index is 12.3. The molecule has 0 bridgehead atoms. The van der Waals surface area contributed by atoms with Gasteiger partial charge in [-0.15, -0.1) is 11.3 Å². The average molecular weight is 456 g/mol. The van der Waals surface area contributed by atoms with Crippen molar-refractivity contribution in [1.82, 2.24) is 4.98 Å². The van der Waals surface area contributed by atoms with E-state index < -0.39 is 16.0 Å². The molecule has 0 radical (unpaired) electrons. The molecule has 0 fully saturated rings. The molecule has 2 rings (SSSR count).